The van der Waals surface area contributed by atoms with Crippen molar-refractivity contribution >= 4 is 5.91 Å². The van der Waals surface area contributed by atoms with Gasteiger partial charge in [-0.2, -0.15) is 0 Å². The maximum absolute atomic E-state index is 11.9. The molecule has 0 aromatic heterocycles. The Kier molecular flexibility index (Phi) is 6.14. The number of aliphatic hydroxyl groups is 1. The van der Waals surface area contributed by atoms with E-state index >= 15 is 0 Å². The Labute approximate surface area is 136 Å². The number of methoxy groups -OCH3 is 1. The first-order valence-corrected chi connectivity index (χ1v) is 7.49. The third-order valence-corrected chi connectivity index (χ3v) is 3.63. The molecule has 5 heteroatoms. The van der Waals surface area contributed by atoms with E-state index in [1.165, 1.54) is 0 Å². The lowest BCUT2D eigenvalue weighted by Crippen LogP contribution is -2.31. The number of carbonyl (C=O) groups is 1. The predicted octanol–water partition coefficient (Wildman–Crippen LogP) is 1.93. The summed E-state index contributed by atoms with van der Waals surface area (Å²) in [5, 5.41) is 12.8. The van der Waals surface area contributed by atoms with Crippen molar-refractivity contribution in [3.63, 3.8) is 0 Å². The fourth-order valence-corrected chi connectivity index (χ4v) is 2.24. The smallest absolute Gasteiger partial charge is 0.222 e. The van der Waals surface area contributed by atoms with Crippen LogP contribution in [0.25, 0.3) is 0 Å². The largest absolute Gasteiger partial charge is 0.497 e. The van der Waals surface area contributed by atoms with Crippen molar-refractivity contribution in [3.8, 4) is 5.75 Å². The van der Waals surface area contributed by atoms with Crippen molar-refractivity contribution < 1.29 is 14.6 Å². The summed E-state index contributed by atoms with van der Waals surface area (Å²) in [6.45, 7) is 0.146. The van der Waals surface area contributed by atoms with E-state index in [1.807, 2.05) is 30.3 Å². The Morgan fingerprint density at radius 1 is 1.13 bits per heavy atom. The molecule has 5 nitrogen and oxygen atoms in total. The first-order chi connectivity index (χ1) is 11.1. The average Bonchev–Trinajstić information content (AvgIpc) is 2.60. The highest BCUT2D eigenvalue weighted by atomic mass is 16.5. The number of nitrogens with two attached hydrogens (primary N) is 1. The molecule has 2 rings (SSSR count). The maximum atomic E-state index is 11.9. The van der Waals surface area contributed by atoms with E-state index in [1.54, 1.807) is 31.4 Å². The summed E-state index contributed by atoms with van der Waals surface area (Å²) >= 11 is 0. The number of ether oxygens (including phenoxy) is 1. The normalized spacial score (nSPS) is 13.2. The van der Waals surface area contributed by atoms with Crippen molar-refractivity contribution in [1.29, 1.82) is 0 Å². The van der Waals surface area contributed by atoms with Crippen LogP contribution in [0.1, 0.15) is 29.7 Å². The molecule has 0 spiro atoms. The van der Waals surface area contributed by atoms with Gasteiger partial charge in [-0.05, 0) is 23.3 Å². The fraction of sp³-hybridized carbons (Fsp3) is 0.278. The van der Waals surface area contributed by atoms with Gasteiger partial charge in [0, 0.05) is 19.0 Å². The minimum atomic E-state index is -0.766. The van der Waals surface area contributed by atoms with Crippen molar-refractivity contribution in [2.24, 2.45) is 5.73 Å². The van der Waals surface area contributed by atoms with Gasteiger partial charge in [-0.3, -0.25) is 4.79 Å². The van der Waals surface area contributed by atoms with Crippen LogP contribution in [0.4, 0.5) is 0 Å². The number of amides is 1. The summed E-state index contributed by atoms with van der Waals surface area (Å²) < 4.78 is 5.07. The van der Waals surface area contributed by atoms with Crippen LogP contribution < -0.4 is 15.8 Å². The van der Waals surface area contributed by atoms with Gasteiger partial charge in [0.1, 0.15) is 5.75 Å². The number of aliphatic hydroxyl groups excluding tert-OH is 1. The highest BCUT2D eigenvalue weighted by Crippen LogP contribution is 2.17. The molecular formula is C18H22N2O3. The van der Waals surface area contributed by atoms with E-state index in [0.29, 0.717) is 0 Å². The van der Waals surface area contributed by atoms with E-state index in [0.717, 1.165) is 16.9 Å². The number of nitrogens with one attached hydrogen (secondary N) is 1. The summed E-state index contributed by atoms with van der Waals surface area (Å²) in [5.74, 6) is 0.535. The zero-order valence-corrected chi connectivity index (χ0v) is 13.1. The molecule has 1 amide bonds. The van der Waals surface area contributed by atoms with E-state index in [2.05, 4.69) is 5.32 Å². The Balaban J connectivity index is 1.81. The molecular weight excluding hydrogens is 292 g/mol. The molecule has 2 unspecified atom stereocenters. The molecule has 0 saturated heterocycles. The molecule has 4 N–H and O–H groups in total. The van der Waals surface area contributed by atoms with Crippen LogP contribution in [0.2, 0.25) is 0 Å². The van der Waals surface area contributed by atoms with Gasteiger partial charge in [0.25, 0.3) is 0 Å². The van der Waals surface area contributed by atoms with Gasteiger partial charge in [0.2, 0.25) is 5.91 Å². The summed E-state index contributed by atoms with van der Waals surface area (Å²) in [6, 6.07) is 16.2. The molecule has 0 saturated carbocycles. The number of rotatable bonds is 7. The molecule has 0 aliphatic carbocycles. The van der Waals surface area contributed by atoms with Crippen LogP contribution in [0.15, 0.2) is 54.6 Å². The van der Waals surface area contributed by atoms with Crippen LogP contribution in [0, 0.1) is 0 Å². The quantitative estimate of drug-likeness (QED) is 0.729. The Hall–Kier alpha value is -2.37. The summed E-state index contributed by atoms with van der Waals surface area (Å²) in [5.41, 5.74) is 7.64. The van der Waals surface area contributed by atoms with Gasteiger partial charge in [-0.25, -0.2) is 0 Å². The Bertz CT molecular complexity index is 614. The van der Waals surface area contributed by atoms with Crippen LogP contribution in [-0.2, 0) is 4.79 Å². The molecule has 0 aliphatic rings. The third-order valence-electron chi connectivity index (χ3n) is 3.63. The third kappa shape index (κ3) is 5.09. The van der Waals surface area contributed by atoms with Gasteiger partial charge in [-0.15, -0.1) is 0 Å². The van der Waals surface area contributed by atoms with Crippen molar-refractivity contribution in [3.05, 3.63) is 65.7 Å². The van der Waals surface area contributed by atoms with Gasteiger partial charge in [0.05, 0.1) is 13.2 Å². The summed E-state index contributed by atoms with van der Waals surface area (Å²) in [4.78, 5) is 11.9. The zero-order chi connectivity index (χ0) is 16.7. The second kappa shape index (κ2) is 8.31. The maximum Gasteiger partial charge on any atom is 0.222 e. The highest BCUT2D eigenvalue weighted by molar-refractivity contribution is 5.76. The molecule has 0 fully saturated rings. The molecule has 2 atom stereocenters. The van der Waals surface area contributed by atoms with Crippen molar-refractivity contribution in [2.45, 2.75) is 18.6 Å². The van der Waals surface area contributed by atoms with Crippen LogP contribution >= 0.6 is 0 Å². The van der Waals surface area contributed by atoms with Crippen LogP contribution in [0.3, 0.4) is 0 Å². The van der Waals surface area contributed by atoms with Gasteiger partial charge in [-0.1, -0.05) is 42.5 Å². The lowest BCUT2D eigenvalue weighted by atomic mass is 10.0. The molecule has 122 valence electrons. The highest BCUT2D eigenvalue weighted by Gasteiger charge is 2.13. The minimum Gasteiger partial charge on any atom is -0.497 e. The van der Waals surface area contributed by atoms with Gasteiger partial charge >= 0.3 is 0 Å². The first-order valence-electron chi connectivity index (χ1n) is 7.49. The first kappa shape index (κ1) is 17.0. The molecule has 2 aromatic carbocycles. The topological polar surface area (TPSA) is 84.6 Å². The van der Waals surface area contributed by atoms with Crippen LogP contribution in [0.5, 0.6) is 5.75 Å². The van der Waals surface area contributed by atoms with E-state index in [-0.39, 0.29) is 24.9 Å². The standard InChI is InChI=1S/C18H22N2O3/c1-23-15-9-7-14(8-10-15)17(21)12-20-18(22)11-16(19)13-5-3-2-4-6-13/h2-10,16-17,21H,11-12,19H2,1H3,(H,20,22). The van der Waals surface area contributed by atoms with Gasteiger partial charge < -0.3 is 20.9 Å². The van der Waals surface area contributed by atoms with Crippen molar-refractivity contribution in [2.75, 3.05) is 13.7 Å². The molecule has 0 bridgehead atoms. The lowest BCUT2D eigenvalue weighted by molar-refractivity contribution is -0.121. The monoisotopic (exact) mass is 314 g/mol. The average molecular weight is 314 g/mol. The van der Waals surface area contributed by atoms with E-state index < -0.39 is 6.10 Å². The SMILES string of the molecule is COc1ccc(C(O)CNC(=O)CC(N)c2ccccc2)cc1. The molecule has 0 radical (unpaired) electrons. The number of benzene rings is 2. The molecule has 2 aromatic rings. The molecule has 23 heavy (non-hydrogen) atoms. The number of hydrogen-bond acceptors (Lipinski definition) is 4. The Morgan fingerprint density at radius 2 is 1.78 bits per heavy atom. The summed E-state index contributed by atoms with van der Waals surface area (Å²) in [7, 11) is 1.58. The molecule has 0 heterocycles. The number of hydrogen-bond donors (Lipinski definition) is 3. The van der Waals surface area contributed by atoms with Gasteiger partial charge in [0.15, 0.2) is 0 Å². The predicted molar refractivity (Wildman–Crippen MR) is 89.0 cm³/mol. The van der Waals surface area contributed by atoms with E-state index in [9.17, 15) is 9.90 Å². The lowest BCUT2D eigenvalue weighted by Gasteiger charge is -2.15. The second-order valence-corrected chi connectivity index (χ2v) is 5.31. The van der Waals surface area contributed by atoms with Crippen LogP contribution in [-0.4, -0.2) is 24.7 Å². The fourth-order valence-electron chi connectivity index (χ4n) is 2.24. The zero-order valence-electron chi connectivity index (χ0n) is 13.1. The Morgan fingerprint density at radius 3 is 2.39 bits per heavy atom. The summed E-state index contributed by atoms with van der Waals surface area (Å²) in [6.07, 6.45) is -0.586. The minimum absolute atomic E-state index is 0.146. The second-order valence-electron chi connectivity index (χ2n) is 5.31. The molecule has 0 aliphatic heterocycles. The van der Waals surface area contributed by atoms with Crippen molar-refractivity contribution in [1.82, 2.24) is 5.32 Å². The van der Waals surface area contributed by atoms with E-state index in [4.69, 9.17) is 10.5 Å². The number of carbonyl (C=O) groups excluding carboxylic acids is 1.